The smallest absolute Gasteiger partial charge is 0.408 e. The zero-order chi connectivity index (χ0) is 17.6. The van der Waals surface area contributed by atoms with Gasteiger partial charge in [-0.05, 0) is 48.0 Å². The van der Waals surface area contributed by atoms with Crippen LogP contribution in [0.4, 0.5) is 4.79 Å². The van der Waals surface area contributed by atoms with E-state index in [4.69, 9.17) is 9.47 Å². The third-order valence-electron chi connectivity index (χ3n) is 2.09. The Balaban J connectivity index is 4.74. The highest BCUT2D eigenvalue weighted by Gasteiger charge is 2.28. The average molecular weight is 333 g/mol. The standard InChI is InChI=1S/C15H27NO5S/c1-10(17)22-9-8-11(12(18)20-14(2,3)4)16-13(19)21-15(5,6)7/h11H,8-9H2,1-7H3,(H,16,19)/t11-/m0/s1. The number of nitrogens with one attached hydrogen (secondary N) is 1. The van der Waals surface area contributed by atoms with Crippen molar-refractivity contribution >= 4 is 28.9 Å². The van der Waals surface area contributed by atoms with Crippen LogP contribution in [0.2, 0.25) is 0 Å². The molecule has 0 rings (SSSR count). The van der Waals surface area contributed by atoms with Gasteiger partial charge in [-0.2, -0.15) is 0 Å². The highest BCUT2D eigenvalue weighted by atomic mass is 32.2. The minimum atomic E-state index is -0.846. The molecule has 1 amide bonds. The summed E-state index contributed by atoms with van der Waals surface area (Å²) in [6.07, 6.45) is -0.394. The molecule has 22 heavy (non-hydrogen) atoms. The summed E-state index contributed by atoms with van der Waals surface area (Å²) in [5.74, 6) is -0.128. The minimum absolute atomic E-state index is 0.0415. The second-order valence-corrected chi connectivity index (χ2v) is 8.13. The molecular formula is C15H27NO5S. The number of ether oxygens (including phenoxy) is 2. The molecule has 0 aliphatic heterocycles. The van der Waals surface area contributed by atoms with Crippen molar-refractivity contribution in [3.63, 3.8) is 0 Å². The second-order valence-electron chi connectivity index (χ2n) is 6.86. The predicted molar refractivity (Wildman–Crippen MR) is 86.8 cm³/mol. The molecule has 0 saturated heterocycles. The first-order valence-electron chi connectivity index (χ1n) is 7.16. The summed E-state index contributed by atoms with van der Waals surface area (Å²) in [6.45, 7) is 11.9. The van der Waals surface area contributed by atoms with E-state index in [1.165, 1.54) is 6.92 Å². The Bertz CT molecular complexity index is 409. The molecule has 0 heterocycles. The maximum Gasteiger partial charge on any atom is 0.408 e. The van der Waals surface area contributed by atoms with Gasteiger partial charge in [-0.3, -0.25) is 4.79 Å². The van der Waals surface area contributed by atoms with Crippen molar-refractivity contribution in [2.45, 2.75) is 72.1 Å². The summed E-state index contributed by atoms with van der Waals surface area (Å²) >= 11 is 1.10. The van der Waals surface area contributed by atoms with E-state index in [2.05, 4.69) is 5.32 Å². The van der Waals surface area contributed by atoms with E-state index in [0.29, 0.717) is 12.2 Å². The number of thioether (sulfide) groups is 1. The number of esters is 1. The lowest BCUT2D eigenvalue weighted by Gasteiger charge is -2.26. The van der Waals surface area contributed by atoms with Crippen LogP contribution in [0.1, 0.15) is 54.9 Å². The molecular weight excluding hydrogens is 306 g/mol. The quantitative estimate of drug-likeness (QED) is 0.779. The average Bonchev–Trinajstić information content (AvgIpc) is 2.21. The molecule has 128 valence electrons. The van der Waals surface area contributed by atoms with Crippen molar-refractivity contribution in [2.75, 3.05) is 5.75 Å². The minimum Gasteiger partial charge on any atom is -0.458 e. The van der Waals surface area contributed by atoms with Gasteiger partial charge in [-0.15, -0.1) is 0 Å². The fourth-order valence-electron chi connectivity index (χ4n) is 1.39. The molecule has 6 nitrogen and oxygen atoms in total. The van der Waals surface area contributed by atoms with Crippen LogP contribution in [0.25, 0.3) is 0 Å². The predicted octanol–water partition coefficient (Wildman–Crippen LogP) is 2.89. The molecule has 0 radical (unpaired) electrons. The summed E-state index contributed by atoms with van der Waals surface area (Å²) in [5, 5.41) is 2.47. The van der Waals surface area contributed by atoms with E-state index in [1.807, 2.05) is 0 Å². The lowest BCUT2D eigenvalue weighted by molar-refractivity contribution is -0.157. The van der Waals surface area contributed by atoms with Crippen LogP contribution in [0, 0.1) is 0 Å². The molecule has 0 spiro atoms. The van der Waals surface area contributed by atoms with Gasteiger partial charge in [0.2, 0.25) is 0 Å². The zero-order valence-corrected chi connectivity index (χ0v) is 15.3. The molecule has 0 aliphatic rings. The SMILES string of the molecule is CC(=O)SCC[C@H](NC(=O)OC(C)(C)C)C(=O)OC(C)(C)C. The molecule has 0 aromatic rings. The van der Waals surface area contributed by atoms with Gasteiger partial charge in [0.15, 0.2) is 5.12 Å². The van der Waals surface area contributed by atoms with Crippen molar-refractivity contribution in [3.8, 4) is 0 Å². The Morgan fingerprint density at radius 1 is 1.00 bits per heavy atom. The summed E-state index contributed by atoms with van der Waals surface area (Å²) in [6, 6.07) is -0.846. The van der Waals surface area contributed by atoms with Gasteiger partial charge in [0.25, 0.3) is 0 Å². The number of carbonyl (C=O) groups excluding carboxylic acids is 3. The maximum atomic E-state index is 12.1. The van der Waals surface area contributed by atoms with Crippen molar-refractivity contribution in [1.82, 2.24) is 5.32 Å². The molecule has 0 aromatic heterocycles. The molecule has 1 N–H and O–H groups in total. The monoisotopic (exact) mass is 333 g/mol. The summed E-state index contributed by atoms with van der Waals surface area (Å²) in [4.78, 5) is 34.9. The molecule has 1 atom stereocenters. The first kappa shape index (κ1) is 20.8. The van der Waals surface area contributed by atoms with Crippen LogP contribution >= 0.6 is 11.8 Å². The molecule has 0 unspecified atom stereocenters. The van der Waals surface area contributed by atoms with Crippen LogP contribution in [-0.4, -0.2) is 40.2 Å². The number of amides is 1. The molecule has 0 aliphatic carbocycles. The van der Waals surface area contributed by atoms with Crippen LogP contribution in [0.3, 0.4) is 0 Å². The number of alkyl carbamates (subject to hydrolysis) is 1. The normalized spacial score (nSPS) is 13.2. The Morgan fingerprint density at radius 3 is 1.91 bits per heavy atom. The van der Waals surface area contributed by atoms with Gasteiger partial charge < -0.3 is 14.8 Å². The van der Waals surface area contributed by atoms with E-state index >= 15 is 0 Å². The van der Waals surface area contributed by atoms with Crippen LogP contribution in [-0.2, 0) is 19.1 Å². The number of rotatable bonds is 5. The largest absolute Gasteiger partial charge is 0.458 e. The van der Waals surface area contributed by atoms with E-state index in [1.54, 1.807) is 41.5 Å². The van der Waals surface area contributed by atoms with E-state index < -0.39 is 29.3 Å². The van der Waals surface area contributed by atoms with Gasteiger partial charge in [-0.1, -0.05) is 11.8 Å². The molecule has 0 bridgehead atoms. The first-order chi connectivity index (χ1) is 9.80. The van der Waals surface area contributed by atoms with Crippen LogP contribution < -0.4 is 5.32 Å². The lowest BCUT2D eigenvalue weighted by Crippen LogP contribution is -2.46. The molecule has 0 fully saturated rings. The fraction of sp³-hybridized carbons (Fsp3) is 0.800. The van der Waals surface area contributed by atoms with Crippen LogP contribution in [0.5, 0.6) is 0 Å². The molecule has 7 heteroatoms. The van der Waals surface area contributed by atoms with E-state index in [0.717, 1.165) is 11.8 Å². The lowest BCUT2D eigenvalue weighted by atomic mass is 10.1. The summed E-state index contributed by atoms with van der Waals surface area (Å²) in [7, 11) is 0. The summed E-state index contributed by atoms with van der Waals surface area (Å²) < 4.78 is 10.4. The Hall–Kier alpha value is -1.24. The topological polar surface area (TPSA) is 81.7 Å². The van der Waals surface area contributed by atoms with Crippen molar-refractivity contribution in [3.05, 3.63) is 0 Å². The number of carbonyl (C=O) groups is 3. The van der Waals surface area contributed by atoms with E-state index in [9.17, 15) is 14.4 Å². The molecule has 0 saturated carbocycles. The first-order valence-corrected chi connectivity index (χ1v) is 8.14. The van der Waals surface area contributed by atoms with Crippen LogP contribution in [0.15, 0.2) is 0 Å². The third-order valence-corrected chi connectivity index (χ3v) is 2.94. The van der Waals surface area contributed by atoms with Gasteiger partial charge in [-0.25, -0.2) is 9.59 Å². The highest BCUT2D eigenvalue weighted by Crippen LogP contribution is 2.13. The van der Waals surface area contributed by atoms with Gasteiger partial charge >= 0.3 is 12.1 Å². The molecule has 0 aromatic carbocycles. The number of hydrogen-bond acceptors (Lipinski definition) is 6. The van der Waals surface area contributed by atoms with Crippen molar-refractivity contribution in [2.24, 2.45) is 0 Å². The van der Waals surface area contributed by atoms with Gasteiger partial charge in [0, 0.05) is 12.7 Å². The van der Waals surface area contributed by atoms with Gasteiger partial charge in [0.1, 0.15) is 17.2 Å². The zero-order valence-electron chi connectivity index (χ0n) is 14.4. The van der Waals surface area contributed by atoms with Gasteiger partial charge in [0.05, 0.1) is 0 Å². The Morgan fingerprint density at radius 2 is 1.50 bits per heavy atom. The van der Waals surface area contributed by atoms with E-state index in [-0.39, 0.29) is 5.12 Å². The second kappa shape index (κ2) is 8.41. The highest BCUT2D eigenvalue weighted by molar-refractivity contribution is 8.13. The Labute approximate surface area is 136 Å². The Kier molecular flexibility index (Phi) is 7.93. The third kappa shape index (κ3) is 11.4. The fourth-order valence-corrected chi connectivity index (χ4v) is 2.03. The summed E-state index contributed by atoms with van der Waals surface area (Å²) in [5.41, 5.74) is -1.31. The maximum absolute atomic E-state index is 12.1. The van der Waals surface area contributed by atoms with Crippen molar-refractivity contribution < 1.29 is 23.9 Å². The number of hydrogen-bond donors (Lipinski definition) is 1. The van der Waals surface area contributed by atoms with Crippen molar-refractivity contribution in [1.29, 1.82) is 0 Å².